The van der Waals surface area contributed by atoms with Crippen LogP contribution in [0.1, 0.15) is 20.7 Å². The topological polar surface area (TPSA) is 64.6 Å². The van der Waals surface area contributed by atoms with Crippen LogP contribution in [0.2, 0.25) is 0 Å². The van der Waals surface area contributed by atoms with Crippen molar-refractivity contribution in [1.29, 1.82) is 0 Å². The third-order valence-corrected chi connectivity index (χ3v) is 4.74. The molecule has 1 N–H and O–H groups in total. The molecule has 3 rings (SSSR count). The van der Waals surface area contributed by atoms with Crippen LogP contribution in [0, 0.1) is 0 Å². The maximum atomic E-state index is 12.4. The number of carbonyl (C=O) groups excluding carboxylic acids is 2. The van der Waals surface area contributed by atoms with Crippen molar-refractivity contribution < 1.29 is 19.1 Å². The molecular weight excluding hydrogens is 350 g/mol. The van der Waals surface area contributed by atoms with Gasteiger partial charge in [0.2, 0.25) is 0 Å². The lowest BCUT2D eigenvalue weighted by molar-refractivity contribution is 0.0603. The van der Waals surface area contributed by atoms with Crippen LogP contribution in [0.4, 0.5) is 5.00 Å². The summed E-state index contributed by atoms with van der Waals surface area (Å²) in [5, 5.41) is 5.09. The van der Waals surface area contributed by atoms with E-state index in [0.717, 1.165) is 11.3 Å². The van der Waals surface area contributed by atoms with E-state index in [0.29, 0.717) is 21.7 Å². The highest BCUT2D eigenvalue weighted by Crippen LogP contribution is 2.37. The molecule has 0 saturated heterocycles. The Morgan fingerprint density at radius 2 is 1.65 bits per heavy atom. The fourth-order valence-electron chi connectivity index (χ4n) is 2.50. The Labute approximate surface area is 155 Å². The van der Waals surface area contributed by atoms with Crippen molar-refractivity contribution in [2.45, 2.75) is 0 Å². The SMILES string of the molecule is COC(=O)c1c(-c2ccc(OC)cc2)csc1NC(=O)c1ccccc1. The Kier molecular flexibility index (Phi) is 5.34. The van der Waals surface area contributed by atoms with Gasteiger partial charge in [0.15, 0.2) is 0 Å². The molecular formula is C20H17NO4S. The Bertz CT molecular complexity index is 917. The molecule has 0 unspecified atom stereocenters. The first-order chi connectivity index (χ1) is 12.6. The lowest BCUT2D eigenvalue weighted by Gasteiger charge is -2.08. The minimum atomic E-state index is -0.500. The van der Waals surface area contributed by atoms with Crippen molar-refractivity contribution in [3.8, 4) is 16.9 Å². The Hall–Kier alpha value is -3.12. The van der Waals surface area contributed by atoms with Crippen LogP contribution < -0.4 is 10.1 Å². The second-order valence-corrected chi connectivity index (χ2v) is 6.27. The number of hydrogen-bond acceptors (Lipinski definition) is 5. The average molecular weight is 367 g/mol. The van der Waals surface area contributed by atoms with Crippen molar-refractivity contribution in [2.75, 3.05) is 19.5 Å². The van der Waals surface area contributed by atoms with E-state index < -0.39 is 5.97 Å². The number of hydrogen-bond donors (Lipinski definition) is 1. The van der Waals surface area contributed by atoms with Crippen LogP contribution in [0.15, 0.2) is 60.0 Å². The van der Waals surface area contributed by atoms with Gasteiger partial charge in [-0.25, -0.2) is 4.79 Å². The zero-order chi connectivity index (χ0) is 18.5. The summed E-state index contributed by atoms with van der Waals surface area (Å²) in [5.41, 5.74) is 2.39. The van der Waals surface area contributed by atoms with E-state index in [1.165, 1.54) is 18.4 Å². The summed E-state index contributed by atoms with van der Waals surface area (Å²) in [7, 11) is 2.91. The number of rotatable bonds is 5. The van der Waals surface area contributed by atoms with Gasteiger partial charge in [-0.15, -0.1) is 11.3 Å². The number of carbonyl (C=O) groups is 2. The normalized spacial score (nSPS) is 10.2. The number of ether oxygens (including phenoxy) is 2. The predicted octanol–water partition coefficient (Wildman–Crippen LogP) is 4.46. The fourth-order valence-corrected chi connectivity index (χ4v) is 3.45. The van der Waals surface area contributed by atoms with Gasteiger partial charge in [0.05, 0.1) is 14.2 Å². The van der Waals surface area contributed by atoms with Crippen molar-refractivity contribution in [1.82, 2.24) is 0 Å². The average Bonchev–Trinajstić information content (AvgIpc) is 3.11. The summed E-state index contributed by atoms with van der Waals surface area (Å²) in [6.45, 7) is 0. The summed E-state index contributed by atoms with van der Waals surface area (Å²) in [5.74, 6) is -0.0551. The molecule has 5 nitrogen and oxygen atoms in total. The molecule has 0 aliphatic rings. The molecule has 0 fully saturated rings. The summed E-state index contributed by atoms with van der Waals surface area (Å²) in [6.07, 6.45) is 0. The zero-order valence-corrected chi connectivity index (χ0v) is 15.1. The van der Waals surface area contributed by atoms with E-state index in [4.69, 9.17) is 9.47 Å². The monoisotopic (exact) mass is 367 g/mol. The summed E-state index contributed by atoms with van der Waals surface area (Å²) in [6, 6.07) is 16.2. The number of methoxy groups -OCH3 is 2. The first-order valence-electron chi connectivity index (χ1n) is 7.84. The highest BCUT2D eigenvalue weighted by molar-refractivity contribution is 7.15. The molecule has 3 aromatic rings. The van der Waals surface area contributed by atoms with Crippen LogP contribution in [-0.2, 0) is 4.74 Å². The van der Waals surface area contributed by atoms with Crippen molar-refractivity contribution in [3.05, 3.63) is 71.1 Å². The largest absolute Gasteiger partial charge is 0.497 e. The van der Waals surface area contributed by atoms with Gasteiger partial charge in [0, 0.05) is 16.5 Å². The smallest absolute Gasteiger partial charge is 0.341 e. The lowest BCUT2D eigenvalue weighted by atomic mass is 10.0. The van der Waals surface area contributed by atoms with Crippen LogP contribution in [0.25, 0.3) is 11.1 Å². The summed E-state index contributed by atoms with van der Waals surface area (Å²) in [4.78, 5) is 24.8. The summed E-state index contributed by atoms with van der Waals surface area (Å²) < 4.78 is 10.1. The molecule has 1 amide bonds. The minimum absolute atomic E-state index is 0.279. The minimum Gasteiger partial charge on any atom is -0.497 e. The third kappa shape index (κ3) is 3.60. The van der Waals surface area contributed by atoms with Gasteiger partial charge in [-0.3, -0.25) is 4.79 Å². The quantitative estimate of drug-likeness (QED) is 0.676. The molecule has 1 aromatic heterocycles. The van der Waals surface area contributed by atoms with Crippen molar-refractivity contribution in [2.24, 2.45) is 0 Å². The molecule has 0 radical (unpaired) electrons. The molecule has 1 heterocycles. The van der Waals surface area contributed by atoms with Crippen LogP contribution >= 0.6 is 11.3 Å². The maximum Gasteiger partial charge on any atom is 0.341 e. The molecule has 0 saturated carbocycles. The van der Waals surface area contributed by atoms with Gasteiger partial charge in [-0.05, 0) is 29.8 Å². The van der Waals surface area contributed by atoms with Crippen molar-refractivity contribution >= 4 is 28.2 Å². The predicted molar refractivity (Wildman–Crippen MR) is 102 cm³/mol. The second kappa shape index (κ2) is 7.84. The number of esters is 1. The number of benzene rings is 2. The highest BCUT2D eigenvalue weighted by Gasteiger charge is 2.22. The van der Waals surface area contributed by atoms with Crippen LogP contribution in [0.3, 0.4) is 0 Å². The van der Waals surface area contributed by atoms with Gasteiger partial charge in [0.1, 0.15) is 16.3 Å². The zero-order valence-electron chi connectivity index (χ0n) is 14.3. The number of anilines is 1. The van der Waals surface area contributed by atoms with E-state index in [1.54, 1.807) is 31.4 Å². The van der Waals surface area contributed by atoms with E-state index in [1.807, 2.05) is 35.7 Å². The molecule has 0 atom stereocenters. The number of nitrogens with one attached hydrogen (secondary N) is 1. The Morgan fingerprint density at radius 1 is 0.962 bits per heavy atom. The van der Waals surface area contributed by atoms with Crippen molar-refractivity contribution in [3.63, 3.8) is 0 Å². The molecule has 2 aromatic carbocycles. The molecule has 0 aliphatic heterocycles. The van der Waals surface area contributed by atoms with Gasteiger partial charge < -0.3 is 14.8 Å². The Balaban J connectivity index is 1.97. The molecule has 26 heavy (non-hydrogen) atoms. The molecule has 6 heteroatoms. The van der Waals surface area contributed by atoms with Gasteiger partial charge in [-0.1, -0.05) is 30.3 Å². The van der Waals surface area contributed by atoms with Gasteiger partial charge in [0.25, 0.3) is 5.91 Å². The second-order valence-electron chi connectivity index (χ2n) is 5.39. The van der Waals surface area contributed by atoms with E-state index in [-0.39, 0.29) is 5.91 Å². The van der Waals surface area contributed by atoms with Crippen LogP contribution in [0.5, 0.6) is 5.75 Å². The number of amides is 1. The van der Waals surface area contributed by atoms with E-state index in [9.17, 15) is 9.59 Å². The fraction of sp³-hybridized carbons (Fsp3) is 0.100. The standard InChI is InChI=1S/C20H17NO4S/c1-24-15-10-8-13(9-11-15)16-12-26-19(17(16)20(23)25-2)21-18(22)14-6-4-3-5-7-14/h3-12H,1-2H3,(H,21,22). The third-order valence-electron chi connectivity index (χ3n) is 3.84. The molecule has 0 spiro atoms. The van der Waals surface area contributed by atoms with Gasteiger partial charge in [-0.2, -0.15) is 0 Å². The summed E-state index contributed by atoms with van der Waals surface area (Å²) >= 11 is 1.28. The molecule has 0 aliphatic carbocycles. The first kappa shape index (κ1) is 17.7. The van der Waals surface area contributed by atoms with E-state index in [2.05, 4.69) is 5.32 Å². The maximum absolute atomic E-state index is 12.4. The van der Waals surface area contributed by atoms with E-state index >= 15 is 0 Å². The van der Waals surface area contributed by atoms with Crippen LogP contribution in [-0.4, -0.2) is 26.1 Å². The van der Waals surface area contributed by atoms with Gasteiger partial charge >= 0.3 is 5.97 Å². The highest BCUT2D eigenvalue weighted by atomic mass is 32.1. The Morgan fingerprint density at radius 3 is 2.27 bits per heavy atom. The molecule has 132 valence electrons. The lowest BCUT2D eigenvalue weighted by Crippen LogP contribution is -2.14. The molecule has 0 bridgehead atoms. The number of thiophene rings is 1. The first-order valence-corrected chi connectivity index (χ1v) is 8.72.